The molecule has 3 rings (SSSR count). The Labute approximate surface area is 226 Å². The van der Waals surface area contributed by atoms with Gasteiger partial charge in [-0.15, -0.1) is 0 Å². The van der Waals surface area contributed by atoms with E-state index in [2.05, 4.69) is 105 Å². The van der Waals surface area contributed by atoms with Crippen molar-refractivity contribution in [2.45, 2.75) is 118 Å². The van der Waals surface area contributed by atoms with Gasteiger partial charge in [0, 0.05) is 37.3 Å². The summed E-state index contributed by atoms with van der Waals surface area (Å²) in [6.07, 6.45) is 0. The zero-order valence-corrected chi connectivity index (χ0v) is 25.6. The molecule has 1 aliphatic rings. The summed E-state index contributed by atoms with van der Waals surface area (Å²) < 4.78 is 0. The Balaban J connectivity index is 1.86. The smallest absolute Gasteiger partial charge is 0.120 e. The number of nitrogens with zero attached hydrogens (tertiary/aromatic N) is 2. The van der Waals surface area contributed by atoms with Gasteiger partial charge in [0.05, 0.1) is 6.67 Å². The van der Waals surface area contributed by atoms with Crippen molar-refractivity contribution in [1.29, 1.82) is 0 Å². The van der Waals surface area contributed by atoms with Gasteiger partial charge in [-0.3, -0.25) is 9.80 Å². The summed E-state index contributed by atoms with van der Waals surface area (Å²) in [5.74, 6) is 0.808. The van der Waals surface area contributed by atoms with E-state index in [4.69, 9.17) is 0 Å². The van der Waals surface area contributed by atoms with E-state index >= 15 is 0 Å². The molecule has 1 aliphatic heterocycles. The highest BCUT2D eigenvalue weighted by atomic mass is 16.3. The second-order valence-electron chi connectivity index (χ2n) is 15.3. The molecule has 0 atom stereocenters. The molecule has 0 bridgehead atoms. The number of hydrogen-bond donors (Lipinski definition) is 2. The molecule has 0 unspecified atom stereocenters. The minimum atomic E-state index is -0.0598. The van der Waals surface area contributed by atoms with Crippen molar-refractivity contribution >= 4 is 0 Å². The summed E-state index contributed by atoms with van der Waals surface area (Å²) in [5, 5.41) is 22.3. The third-order valence-electron chi connectivity index (χ3n) is 7.70. The van der Waals surface area contributed by atoms with E-state index in [0.29, 0.717) is 11.5 Å². The Morgan fingerprint density at radius 1 is 0.541 bits per heavy atom. The van der Waals surface area contributed by atoms with Gasteiger partial charge < -0.3 is 10.2 Å². The quantitative estimate of drug-likeness (QED) is 0.447. The minimum absolute atomic E-state index is 0.0181. The summed E-state index contributed by atoms with van der Waals surface area (Å²) in [7, 11) is 0. The molecule has 1 fully saturated rings. The van der Waals surface area contributed by atoms with Crippen LogP contribution in [0.1, 0.15) is 116 Å². The molecule has 2 aromatic rings. The van der Waals surface area contributed by atoms with Crippen LogP contribution in [0.2, 0.25) is 0 Å². The molecule has 1 heterocycles. The molecule has 4 heteroatoms. The third-order valence-corrected chi connectivity index (χ3v) is 7.70. The number of benzene rings is 2. The summed E-state index contributed by atoms with van der Waals surface area (Å²) in [6.45, 7) is 30.7. The van der Waals surface area contributed by atoms with Gasteiger partial charge in [0.15, 0.2) is 0 Å². The van der Waals surface area contributed by atoms with Crippen molar-refractivity contribution in [2.24, 2.45) is 0 Å². The van der Waals surface area contributed by atoms with E-state index in [9.17, 15) is 10.2 Å². The summed E-state index contributed by atoms with van der Waals surface area (Å²) >= 11 is 0. The van der Waals surface area contributed by atoms with Gasteiger partial charge in [0.25, 0.3) is 0 Å². The number of phenols is 2. The van der Waals surface area contributed by atoms with Gasteiger partial charge in [-0.25, -0.2) is 0 Å². The fourth-order valence-electron chi connectivity index (χ4n) is 5.26. The van der Waals surface area contributed by atoms with Gasteiger partial charge in [0.1, 0.15) is 11.5 Å². The van der Waals surface area contributed by atoms with Crippen LogP contribution in [0.4, 0.5) is 0 Å². The van der Waals surface area contributed by atoms with Crippen molar-refractivity contribution in [1.82, 2.24) is 9.80 Å². The zero-order valence-electron chi connectivity index (χ0n) is 25.6. The predicted molar refractivity (Wildman–Crippen MR) is 157 cm³/mol. The predicted octanol–water partition coefficient (Wildman–Crippen LogP) is 7.56. The van der Waals surface area contributed by atoms with Crippen LogP contribution in [0.15, 0.2) is 24.3 Å². The van der Waals surface area contributed by atoms with Gasteiger partial charge in [-0.1, -0.05) is 95.2 Å². The second-order valence-corrected chi connectivity index (χ2v) is 15.3. The van der Waals surface area contributed by atoms with Crippen molar-refractivity contribution < 1.29 is 10.2 Å². The van der Waals surface area contributed by atoms with Gasteiger partial charge in [-0.2, -0.15) is 0 Å². The number of hydrogen-bond acceptors (Lipinski definition) is 4. The Hall–Kier alpha value is -2.04. The van der Waals surface area contributed by atoms with Crippen LogP contribution in [0.25, 0.3) is 0 Å². The van der Waals surface area contributed by atoms with Crippen LogP contribution in [-0.4, -0.2) is 39.8 Å². The first-order valence-corrected chi connectivity index (χ1v) is 13.9. The standard InChI is InChI=1S/C33H52N2O2/c1-30(2,3)22-15-26(32(7,8)9)24(28(36)17-22)19-34-13-14-35(21-34)20-25-27(33(10,11)12)16-23(18-29(25)37)31(4,5)6/h15-18,36-37H,13-14,19-21H2,1-12H3. The van der Waals surface area contributed by atoms with Crippen molar-refractivity contribution in [3.05, 3.63) is 57.6 Å². The average molecular weight is 509 g/mol. The summed E-state index contributed by atoms with van der Waals surface area (Å²) in [5.41, 5.74) is 6.71. The first-order valence-electron chi connectivity index (χ1n) is 13.9. The van der Waals surface area contributed by atoms with Gasteiger partial charge in [-0.05, 0) is 56.0 Å². The lowest BCUT2D eigenvalue weighted by atomic mass is 9.78. The molecule has 0 saturated carbocycles. The topological polar surface area (TPSA) is 46.9 Å². The molecular formula is C33H52N2O2. The van der Waals surface area contributed by atoms with Crippen LogP contribution in [0.5, 0.6) is 11.5 Å². The van der Waals surface area contributed by atoms with Crippen molar-refractivity contribution in [3.63, 3.8) is 0 Å². The molecule has 2 N–H and O–H groups in total. The maximum Gasteiger partial charge on any atom is 0.120 e. The lowest BCUT2D eigenvalue weighted by Crippen LogP contribution is -2.28. The van der Waals surface area contributed by atoms with E-state index in [1.807, 2.05) is 12.1 Å². The lowest BCUT2D eigenvalue weighted by molar-refractivity contribution is 0.229. The third kappa shape index (κ3) is 6.89. The molecular weight excluding hydrogens is 456 g/mol. The van der Waals surface area contributed by atoms with Crippen molar-refractivity contribution in [2.75, 3.05) is 19.8 Å². The molecule has 0 aliphatic carbocycles. The van der Waals surface area contributed by atoms with Crippen LogP contribution >= 0.6 is 0 Å². The minimum Gasteiger partial charge on any atom is -0.508 e. The van der Waals surface area contributed by atoms with E-state index in [1.54, 1.807) is 0 Å². The van der Waals surface area contributed by atoms with E-state index in [-0.39, 0.29) is 21.7 Å². The molecule has 0 amide bonds. The zero-order chi connectivity index (χ0) is 28.1. The maximum atomic E-state index is 11.1. The van der Waals surface area contributed by atoms with Crippen LogP contribution in [0.3, 0.4) is 0 Å². The molecule has 4 nitrogen and oxygen atoms in total. The fraction of sp³-hybridized carbons (Fsp3) is 0.636. The molecule has 206 valence electrons. The van der Waals surface area contributed by atoms with Crippen LogP contribution in [-0.2, 0) is 34.7 Å². The highest BCUT2D eigenvalue weighted by molar-refractivity contribution is 5.49. The molecule has 2 aromatic carbocycles. The monoisotopic (exact) mass is 508 g/mol. The van der Waals surface area contributed by atoms with Gasteiger partial charge in [0.2, 0.25) is 0 Å². The Morgan fingerprint density at radius 3 is 1.14 bits per heavy atom. The van der Waals surface area contributed by atoms with E-state index in [0.717, 1.165) is 44.0 Å². The molecule has 0 spiro atoms. The first-order chi connectivity index (χ1) is 16.7. The van der Waals surface area contributed by atoms with Crippen LogP contribution in [0, 0.1) is 0 Å². The van der Waals surface area contributed by atoms with Gasteiger partial charge >= 0.3 is 0 Å². The highest BCUT2D eigenvalue weighted by Gasteiger charge is 2.30. The Morgan fingerprint density at radius 2 is 0.865 bits per heavy atom. The average Bonchev–Trinajstić information content (AvgIpc) is 3.14. The van der Waals surface area contributed by atoms with E-state index in [1.165, 1.54) is 22.3 Å². The SMILES string of the molecule is CC(C)(C)c1cc(O)c(CN2CCN(Cc3c(O)cc(C(C)(C)C)cc3C(C)(C)C)C2)c(C(C)(C)C)c1. The fourth-order valence-corrected chi connectivity index (χ4v) is 5.26. The van der Waals surface area contributed by atoms with Crippen molar-refractivity contribution in [3.8, 4) is 11.5 Å². The summed E-state index contributed by atoms with van der Waals surface area (Å²) in [6, 6.07) is 8.52. The molecule has 0 aromatic heterocycles. The number of rotatable bonds is 4. The maximum absolute atomic E-state index is 11.1. The first kappa shape index (κ1) is 29.5. The lowest BCUT2D eigenvalue weighted by Gasteiger charge is -2.30. The molecule has 0 radical (unpaired) electrons. The number of aromatic hydroxyl groups is 2. The Bertz CT molecular complexity index is 1030. The highest BCUT2D eigenvalue weighted by Crippen LogP contribution is 2.39. The normalized spacial score (nSPS) is 16.5. The molecule has 1 saturated heterocycles. The Kier molecular flexibility index (Phi) is 7.92. The molecule has 37 heavy (non-hydrogen) atoms. The second kappa shape index (κ2) is 9.93. The largest absolute Gasteiger partial charge is 0.508 e. The van der Waals surface area contributed by atoms with E-state index < -0.39 is 0 Å². The van der Waals surface area contributed by atoms with Crippen LogP contribution < -0.4 is 0 Å². The number of phenolic OH excluding ortho intramolecular Hbond substituents is 2. The summed E-state index contributed by atoms with van der Waals surface area (Å²) in [4.78, 5) is 4.83.